The van der Waals surface area contributed by atoms with Gasteiger partial charge in [-0.25, -0.2) is 0 Å². The summed E-state index contributed by atoms with van der Waals surface area (Å²) in [6.45, 7) is 0. The Labute approximate surface area is 141 Å². The summed E-state index contributed by atoms with van der Waals surface area (Å²) in [5.41, 5.74) is 9.39. The van der Waals surface area contributed by atoms with E-state index >= 15 is 0 Å². The highest BCUT2D eigenvalue weighted by molar-refractivity contribution is 6.02. The van der Waals surface area contributed by atoms with Crippen LogP contribution in [0.15, 0.2) is 73.8 Å². The molecule has 0 unspecified atom stereocenters. The van der Waals surface area contributed by atoms with Gasteiger partial charge in [-0.3, -0.25) is 15.0 Å². The van der Waals surface area contributed by atoms with Gasteiger partial charge in [-0.2, -0.15) is 0 Å². The lowest BCUT2D eigenvalue weighted by atomic mass is 10.1. The highest BCUT2D eigenvalue weighted by Crippen LogP contribution is 2.27. The minimum absolute atomic E-state index is 0.913. The fraction of sp³-hybridized carbons (Fsp3) is 0.350. The SMILES string of the molecule is C1=C2/C=C3/CCC(=N3)/C=C3/CCC(=N3)C=C3CC/C(=C/C(=N2)C1)N3. The molecule has 0 aromatic heterocycles. The fourth-order valence-corrected chi connectivity index (χ4v) is 3.75. The van der Waals surface area contributed by atoms with Gasteiger partial charge in [0.25, 0.3) is 0 Å². The van der Waals surface area contributed by atoms with Crippen LogP contribution in [0.4, 0.5) is 0 Å². The molecule has 5 aliphatic rings. The molecule has 0 aromatic carbocycles. The van der Waals surface area contributed by atoms with E-state index in [0.717, 1.165) is 67.8 Å². The zero-order chi connectivity index (χ0) is 15.9. The minimum Gasteiger partial charge on any atom is -0.362 e. The van der Waals surface area contributed by atoms with Crippen LogP contribution >= 0.6 is 0 Å². The van der Waals surface area contributed by atoms with Gasteiger partial charge in [0.2, 0.25) is 0 Å². The molecule has 0 atom stereocenters. The topological polar surface area (TPSA) is 49.1 Å². The average Bonchev–Trinajstić information content (AvgIpc) is 3.32. The Bertz CT molecular complexity index is 856. The molecule has 8 bridgehead atoms. The van der Waals surface area contributed by atoms with E-state index in [1.165, 1.54) is 22.8 Å². The summed E-state index contributed by atoms with van der Waals surface area (Å²) in [4.78, 5) is 14.3. The Balaban J connectivity index is 1.57. The molecule has 1 saturated heterocycles. The zero-order valence-electron chi connectivity index (χ0n) is 13.7. The maximum Gasteiger partial charge on any atom is 0.0615 e. The molecular weight excluding hydrogens is 296 g/mol. The van der Waals surface area contributed by atoms with Crippen molar-refractivity contribution in [1.29, 1.82) is 0 Å². The molecule has 4 heteroatoms. The van der Waals surface area contributed by atoms with E-state index in [1.807, 2.05) is 0 Å². The Kier molecular flexibility index (Phi) is 3.21. The predicted molar refractivity (Wildman–Crippen MR) is 98.2 cm³/mol. The van der Waals surface area contributed by atoms with Crippen molar-refractivity contribution in [2.24, 2.45) is 15.0 Å². The number of allylic oxidation sites excluding steroid dienone is 9. The summed E-state index contributed by atoms with van der Waals surface area (Å²) in [6.07, 6.45) is 18.1. The van der Waals surface area contributed by atoms with Crippen molar-refractivity contribution < 1.29 is 0 Å². The maximum absolute atomic E-state index is 4.80. The quantitative estimate of drug-likeness (QED) is 0.718. The average molecular weight is 316 g/mol. The van der Waals surface area contributed by atoms with E-state index in [-0.39, 0.29) is 0 Å². The van der Waals surface area contributed by atoms with E-state index < -0.39 is 0 Å². The van der Waals surface area contributed by atoms with Gasteiger partial charge in [-0.05, 0) is 62.8 Å². The molecule has 0 aliphatic carbocycles. The second kappa shape index (κ2) is 5.55. The molecule has 1 N–H and O–H groups in total. The molecule has 5 heterocycles. The number of nitrogens with one attached hydrogen (secondary N) is 1. The van der Waals surface area contributed by atoms with Gasteiger partial charge in [0.1, 0.15) is 0 Å². The summed E-state index contributed by atoms with van der Waals surface area (Å²) in [6, 6.07) is 0. The summed E-state index contributed by atoms with van der Waals surface area (Å²) >= 11 is 0. The molecule has 5 rings (SSSR count). The number of nitrogens with zero attached hydrogens (tertiary/aromatic N) is 3. The summed E-state index contributed by atoms with van der Waals surface area (Å²) in [7, 11) is 0. The number of fused-ring (bicyclic) bond motifs is 5. The molecule has 4 nitrogen and oxygen atoms in total. The Morgan fingerprint density at radius 1 is 0.625 bits per heavy atom. The van der Waals surface area contributed by atoms with E-state index in [0.29, 0.717) is 0 Å². The van der Waals surface area contributed by atoms with E-state index in [9.17, 15) is 0 Å². The first-order valence-electron chi connectivity index (χ1n) is 8.82. The van der Waals surface area contributed by atoms with Crippen molar-refractivity contribution in [1.82, 2.24) is 5.32 Å². The highest BCUT2D eigenvalue weighted by Gasteiger charge is 2.18. The molecule has 0 radical (unpaired) electrons. The summed E-state index contributed by atoms with van der Waals surface area (Å²) in [5.74, 6) is 0. The third kappa shape index (κ3) is 2.73. The molecule has 0 amide bonds. The van der Waals surface area contributed by atoms with Crippen LogP contribution in [0.5, 0.6) is 0 Å². The summed E-state index contributed by atoms with van der Waals surface area (Å²) < 4.78 is 0. The van der Waals surface area contributed by atoms with Crippen LogP contribution in [0.2, 0.25) is 0 Å². The van der Waals surface area contributed by atoms with Crippen molar-refractivity contribution in [3.8, 4) is 0 Å². The van der Waals surface area contributed by atoms with E-state index in [4.69, 9.17) is 15.0 Å². The molecule has 0 saturated carbocycles. The van der Waals surface area contributed by atoms with Crippen LogP contribution in [-0.2, 0) is 0 Å². The molecule has 0 spiro atoms. The standard InChI is InChI=1S/C20H20N4/c1-2-14-10-16-5-6-18(23-16)12-20-8-7-19(24-20)11-17-4-3-15(22-17)9-13(1)21-14/h1,9-12,23H,2-8H2/b15-9-,16-10-,18-12?,19-11-. The Hall–Kier alpha value is -2.49. The number of aliphatic imine (C=N–C) groups is 3. The van der Waals surface area contributed by atoms with Crippen molar-refractivity contribution >= 4 is 17.1 Å². The summed E-state index contributed by atoms with van der Waals surface area (Å²) in [5, 5.41) is 3.55. The van der Waals surface area contributed by atoms with Gasteiger partial charge in [-0.1, -0.05) is 6.08 Å². The van der Waals surface area contributed by atoms with Crippen molar-refractivity contribution in [2.45, 2.75) is 44.9 Å². The largest absolute Gasteiger partial charge is 0.362 e. The lowest BCUT2D eigenvalue weighted by Gasteiger charge is -2.01. The van der Waals surface area contributed by atoms with E-state index in [1.54, 1.807) is 0 Å². The fourth-order valence-electron chi connectivity index (χ4n) is 3.75. The monoisotopic (exact) mass is 316 g/mol. The lowest BCUT2D eigenvalue weighted by molar-refractivity contribution is 1.05. The molecular formula is C20H20N4. The Morgan fingerprint density at radius 3 is 2.08 bits per heavy atom. The van der Waals surface area contributed by atoms with Crippen molar-refractivity contribution in [3.63, 3.8) is 0 Å². The van der Waals surface area contributed by atoms with E-state index in [2.05, 4.69) is 35.7 Å². The normalized spacial score (nSPS) is 31.5. The second-order valence-electron chi connectivity index (χ2n) is 6.88. The smallest absolute Gasteiger partial charge is 0.0615 e. The third-order valence-corrected chi connectivity index (χ3v) is 4.96. The Morgan fingerprint density at radius 2 is 1.29 bits per heavy atom. The van der Waals surface area contributed by atoms with Gasteiger partial charge in [-0.15, -0.1) is 0 Å². The van der Waals surface area contributed by atoms with Crippen LogP contribution in [0.1, 0.15) is 44.9 Å². The van der Waals surface area contributed by atoms with Crippen molar-refractivity contribution in [2.75, 3.05) is 0 Å². The van der Waals surface area contributed by atoms with Crippen LogP contribution < -0.4 is 5.32 Å². The maximum atomic E-state index is 4.80. The zero-order valence-corrected chi connectivity index (χ0v) is 13.7. The van der Waals surface area contributed by atoms with Gasteiger partial charge >= 0.3 is 0 Å². The van der Waals surface area contributed by atoms with Gasteiger partial charge < -0.3 is 5.32 Å². The predicted octanol–water partition coefficient (Wildman–Crippen LogP) is 4.12. The lowest BCUT2D eigenvalue weighted by Crippen LogP contribution is -2.06. The van der Waals surface area contributed by atoms with Crippen molar-refractivity contribution in [3.05, 3.63) is 58.9 Å². The highest BCUT2D eigenvalue weighted by atomic mass is 14.9. The van der Waals surface area contributed by atoms with Crippen LogP contribution in [0.3, 0.4) is 0 Å². The molecule has 1 fully saturated rings. The number of rotatable bonds is 0. The van der Waals surface area contributed by atoms with Crippen LogP contribution in [-0.4, -0.2) is 17.1 Å². The van der Waals surface area contributed by atoms with Crippen LogP contribution in [0.25, 0.3) is 0 Å². The van der Waals surface area contributed by atoms with Gasteiger partial charge in [0.15, 0.2) is 0 Å². The molecule has 24 heavy (non-hydrogen) atoms. The van der Waals surface area contributed by atoms with Gasteiger partial charge in [0, 0.05) is 46.3 Å². The molecule has 0 aromatic rings. The first-order chi connectivity index (χ1) is 11.8. The molecule has 5 aliphatic heterocycles. The molecule has 120 valence electrons. The third-order valence-electron chi connectivity index (χ3n) is 4.96. The number of hydrogen-bond acceptors (Lipinski definition) is 4. The number of hydrogen-bond donors (Lipinski definition) is 1. The minimum atomic E-state index is 0.913. The van der Waals surface area contributed by atoms with Gasteiger partial charge in [0.05, 0.1) is 5.70 Å². The first kappa shape index (κ1) is 13.9. The second-order valence-corrected chi connectivity index (χ2v) is 6.88. The van der Waals surface area contributed by atoms with Crippen LogP contribution in [0, 0.1) is 0 Å². The first-order valence-corrected chi connectivity index (χ1v) is 8.82.